The summed E-state index contributed by atoms with van der Waals surface area (Å²) in [5.74, 6) is -0.746. The number of carbonyl (C=O) groups excluding carboxylic acids is 1. The van der Waals surface area contributed by atoms with Crippen LogP contribution >= 0.6 is 0 Å². The minimum absolute atomic E-state index is 0.221. The second-order valence-corrected chi connectivity index (χ2v) is 5.34. The molecule has 138 valence electrons. The van der Waals surface area contributed by atoms with Crippen molar-refractivity contribution < 1.29 is 27.1 Å². The van der Waals surface area contributed by atoms with Gasteiger partial charge in [0.15, 0.2) is 5.69 Å². The summed E-state index contributed by atoms with van der Waals surface area (Å²) in [6, 6.07) is 4.85. The highest BCUT2D eigenvalue weighted by Crippen LogP contribution is 2.31. The number of aromatic nitrogens is 2. The molecule has 26 heavy (non-hydrogen) atoms. The normalized spacial score (nSPS) is 14.4. The highest BCUT2D eigenvalue weighted by molar-refractivity contribution is 5.70. The molecule has 1 amide bonds. The average Bonchev–Trinajstić information content (AvgIpc) is 3.11. The maximum atomic E-state index is 13.0. The Morgan fingerprint density at radius 2 is 1.96 bits per heavy atom. The number of hydrogen-bond donors (Lipinski definition) is 2. The quantitative estimate of drug-likeness (QED) is 0.808. The van der Waals surface area contributed by atoms with Crippen LogP contribution in [-0.4, -0.2) is 40.7 Å². The van der Waals surface area contributed by atoms with Crippen LogP contribution in [0, 0.1) is 5.82 Å². The number of nitrogens with one attached hydrogen (secondary N) is 2. The maximum Gasteiger partial charge on any atom is 0.433 e. The molecule has 0 radical (unpaired) electrons. The standard InChI is InChI=1S/C15H13F4N5O2/c16-9-1-3-10(4-2-9)21-12-7-11(15(17,18)19)22-13(23-12)26-14(25)24-6-5-20-8-24/h1-4,7,20H,5-6,8H2,(H,21,22,23). The molecular formula is C15H13F4N5O2. The molecule has 2 N–H and O–H groups in total. The zero-order valence-electron chi connectivity index (χ0n) is 13.2. The van der Waals surface area contributed by atoms with Crippen molar-refractivity contribution in [3.8, 4) is 6.01 Å². The number of anilines is 2. The zero-order chi connectivity index (χ0) is 18.7. The number of ether oxygens (including phenoxy) is 1. The molecule has 0 spiro atoms. The van der Waals surface area contributed by atoms with E-state index in [4.69, 9.17) is 4.74 Å². The molecule has 0 atom stereocenters. The summed E-state index contributed by atoms with van der Waals surface area (Å²) >= 11 is 0. The van der Waals surface area contributed by atoms with E-state index < -0.39 is 29.8 Å². The Bertz CT molecular complexity index is 792. The predicted octanol–water partition coefficient (Wildman–Crippen LogP) is 2.74. The molecule has 3 rings (SSSR count). The fourth-order valence-corrected chi connectivity index (χ4v) is 2.17. The lowest BCUT2D eigenvalue weighted by Crippen LogP contribution is -2.32. The van der Waals surface area contributed by atoms with E-state index in [1.165, 1.54) is 17.0 Å². The highest BCUT2D eigenvalue weighted by atomic mass is 19.4. The first-order chi connectivity index (χ1) is 12.3. The van der Waals surface area contributed by atoms with Gasteiger partial charge in [0.1, 0.15) is 11.6 Å². The van der Waals surface area contributed by atoms with Crippen molar-refractivity contribution >= 4 is 17.6 Å². The third-order valence-electron chi connectivity index (χ3n) is 3.41. The van der Waals surface area contributed by atoms with E-state index >= 15 is 0 Å². The van der Waals surface area contributed by atoms with Gasteiger partial charge in [0.2, 0.25) is 0 Å². The molecule has 0 bridgehead atoms. The third kappa shape index (κ3) is 4.36. The van der Waals surface area contributed by atoms with E-state index in [0.29, 0.717) is 24.8 Å². The topological polar surface area (TPSA) is 79.4 Å². The molecule has 7 nitrogen and oxygen atoms in total. The Balaban J connectivity index is 1.85. The number of benzene rings is 1. The van der Waals surface area contributed by atoms with E-state index in [1.54, 1.807) is 0 Å². The van der Waals surface area contributed by atoms with E-state index in [9.17, 15) is 22.4 Å². The van der Waals surface area contributed by atoms with Gasteiger partial charge in [0.05, 0.1) is 6.67 Å². The van der Waals surface area contributed by atoms with Crippen LogP contribution in [0.15, 0.2) is 30.3 Å². The highest BCUT2D eigenvalue weighted by Gasteiger charge is 2.34. The Hall–Kier alpha value is -2.95. The predicted molar refractivity (Wildman–Crippen MR) is 82.3 cm³/mol. The fourth-order valence-electron chi connectivity index (χ4n) is 2.17. The molecule has 1 aromatic heterocycles. The van der Waals surface area contributed by atoms with Gasteiger partial charge in [-0.25, -0.2) is 9.18 Å². The maximum absolute atomic E-state index is 13.0. The average molecular weight is 371 g/mol. The van der Waals surface area contributed by atoms with Crippen molar-refractivity contribution in [3.63, 3.8) is 0 Å². The zero-order valence-corrected chi connectivity index (χ0v) is 13.2. The van der Waals surface area contributed by atoms with E-state index in [2.05, 4.69) is 20.6 Å². The molecule has 1 fully saturated rings. The van der Waals surface area contributed by atoms with Gasteiger partial charge in [0, 0.05) is 24.8 Å². The number of hydrogen-bond acceptors (Lipinski definition) is 6. The van der Waals surface area contributed by atoms with Crippen LogP contribution in [0.25, 0.3) is 0 Å². The number of halogens is 4. The third-order valence-corrected chi connectivity index (χ3v) is 3.41. The van der Waals surface area contributed by atoms with Gasteiger partial charge in [-0.3, -0.25) is 10.2 Å². The summed E-state index contributed by atoms with van der Waals surface area (Å²) in [5.41, 5.74) is -0.973. The Labute approximate surface area is 145 Å². The summed E-state index contributed by atoms with van der Waals surface area (Å²) in [6.45, 7) is 1.13. The Morgan fingerprint density at radius 1 is 1.23 bits per heavy atom. The Kier molecular flexibility index (Phi) is 4.89. The summed E-state index contributed by atoms with van der Waals surface area (Å²) < 4.78 is 56.9. The fraction of sp³-hybridized carbons (Fsp3) is 0.267. The van der Waals surface area contributed by atoms with Gasteiger partial charge in [-0.2, -0.15) is 23.1 Å². The number of carbonyl (C=O) groups is 1. The van der Waals surface area contributed by atoms with E-state index in [-0.39, 0.29) is 12.5 Å². The first-order valence-electron chi connectivity index (χ1n) is 7.47. The van der Waals surface area contributed by atoms with Gasteiger partial charge in [0.25, 0.3) is 0 Å². The molecular weight excluding hydrogens is 358 g/mol. The lowest BCUT2D eigenvalue weighted by molar-refractivity contribution is -0.141. The van der Waals surface area contributed by atoms with Gasteiger partial charge >= 0.3 is 18.3 Å². The largest absolute Gasteiger partial charge is 0.433 e. The van der Waals surface area contributed by atoms with Crippen molar-refractivity contribution in [2.45, 2.75) is 6.18 Å². The minimum Gasteiger partial charge on any atom is -0.374 e. The molecule has 0 unspecified atom stereocenters. The summed E-state index contributed by atoms with van der Waals surface area (Å²) in [7, 11) is 0. The van der Waals surface area contributed by atoms with Gasteiger partial charge in [-0.1, -0.05) is 0 Å². The molecule has 2 aromatic rings. The van der Waals surface area contributed by atoms with Crippen molar-refractivity contribution in [3.05, 3.63) is 41.8 Å². The lowest BCUT2D eigenvalue weighted by atomic mass is 10.3. The molecule has 2 heterocycles. The molecule has 1 aromatic carbocycles. The van der Waals surface area contributed by atoms with Crippen LogP contribution in [0.1, 0.15) is 5.69 Å². The first-order valence-corrected chi connectivity index (χ1v) is 7.47. The second kappa shape index (κ2) is 7.12. The van der Waals surface area contributed by atoms with Crippen LogP contribution in [0.4, 0.5) is 33.9 Å². The van der Waals surface area contributed by atoms with Crippen molar-refractivity contribution in [1.82, 2.24) is 20.2 Å². The lowest BCUT2D eigenvalue weighted by Gasteiger charge is -2.15. The van der Waals surface area contributed by atoms with Crippen molar-refractivity contribution in [2.75, 3.05) is 25.1 Å². The number of amides is 1. The molecule has 1 aliphatic rings. The molecule has 1 aliphatic heterocycles. The second-order valence-electron chi connectivity index (χ2n) is 5.34. The smallest absolute Gasteiger partial charge is 0.374 e. The van der Waals surface area contributed by atoms with Crippen molar-refractivity contribution in [2.24, 2.45) is 0 Å². The van der Waals surface area contributed by atoms with Crippen LogP contribution in [0.3, 0.4) is 0 Å². The number of rotatable bonds is 3. The summed E-state index contributed by atoms with van der Waals surface area (Å²) in [5, 5.41) is 5.48. The van der Waals surface area contributed by atoms with Crippen LogP contribution in [0.5, 0.6) is 6.01 Å². The molecule has 11 heteroatoms. The van der Waals surface area contributed by atoms with Crippen LogP contribution in [-0.2, 0) is 6.18 Å². The number of nitrogens with zero attached hydrogens (tertiary/aromatic N) is 3. The monoisotopic (exact) mass is 371 g/mol. The minimum atomic E-state index is -4.77. The van der Waals surface area contributed by atoms with E-state index in [0.717, 1.165) is 12.1 Å². The van der Waals surface area contributed by atoms with Gasteiger partial charge < -0.3 is 10.1 Å². The molecule has 0 saturated carbocycles. The first kappa shape index (κ1) is 17.9. The van der Waals surface area contributed by atoms with Crippen molar-refractivity contribution in [1.29, 1.82) is 0 Å². The SMILES string of the molecule is O=C(Oc1nc(Nc2ccc(F)cc2)cc(C(F)(F)F)n1)N1CCNC1. The van der Waals surface area contributed by atoms with Gasteiger partial charge in [-0.15, -0.1) is 0 Å². The van der Waals surface area contributed by atoms with Crippen LogP contribution < -0.4 is 15.4 Å². The van der Waals surface area contributed by atoms with Crippen LogP contribution in [0.2, 0.25) is 0 Å². The van der Waals surface area contributed by atoms with E-state index in [1.807, 2.05) is 0 Å². The summed E-state index contributed by atoms with van der Waals surface area (Å²) in [6.07, 6.45) is -5.62. The molecule has 0 aliphatic carbocycles. The summed E-state index contributed by atoms with van der Waals surface area (Å²) in [4.78, 5) is 20.2. The Morgan fingerprint density at radius 3 is 2.58 bits per heavy atom. The molecule has 1 saturated heterocycles. The van der Waals surface area contributed by atoms with Gasteiger partial charge in [-0.05, 0) is 24.3 Å². The number of alkyl halides is 3.